The molecule has 0 spiro atoms. The Bertz CT molecular complexity index is 856. The predicted molar refractivity (Wildman–Crippen MR) is 107 cm³/mol. The Hall–Kier alpha value is -2.18. The first-order valence-electron chi connectivity index (χ1n) is 9.39. The lowest BCUT2D eigenvalue weighted by atomic mass is 10.1. The molecule has 0 N–H and O–H groups in total. The molecule has 0 aromatic heterocycles. The van der Waals surface area contributed by atoms with Gasteiger partial charge in [0.1, 0.15) is 0 Å². The van der Waals surface area contributed by atoms with E-state index in [9.17, 15) is 13.2 Å². The second kappa shape index (κ2) is 8.67. The lowest BCUT2D eigenvalue weighted by molar-refractivity contribution is 0.0698. The van der Waals surface area contributed by atoms with Crippen LogP contribution in [0.1, 0.15) is 34.8 Å². The first-order chi connectivity index (χ1) is 13.0. The van der Waals surface area contributed by atoms with Crippen molar-refractivity contribution in [1.82, 2.24) is 9.21 Å². The largest absolute Gasteiger partial charge is 0.336 e. The molecule has 1 saturated heterocycles. The maximum atomic E-state index is 12.7. The zero-order chi connectivity index (χ0) is 19.3. The summed E-state index contributed by atoms with van der Waals surface area (Å²) in [7, 11) is -3.37. The van der Waals surface area contributed by atoms with Crippen molar-refractivity contribution in [2.24, 2.45) is 0 Å². The van der Waals surface area contributed by atoms with Crippen molar-refractivity contribution in [2.45, 2.75) is 25.5 Å². The Morgan fingerprint density at radius 3 is 2.11 bits per heavy atom. The predicted octanol–water partition coefficient (Wildman–Crippen LogP) is 2.93. The first-order valence-corrected chi connectivity index (χ1v) is 11.0. The molecule has 2 aromatic rings. The highest BCUT2D eigenvalue weighted by Gasteiger charge is 2.29. The fourth-order valence-corrected chi connectivity index (χ4v) is 4.85. The fraction of sp³-hybridized carbons (Fsp3) is 0.381. The second-order valence-electron chi connectivity index (χ2n) is 6.88. The summed E-state index contributed by atoms with van der Waals surface area (Å²) in [5.41, 5.74) is 2.67. The van der Waals surface area contributed by atoms with Gasteiger partial charge in [-0.05, 0) is 29.7 Å². The molecule has 27 heavy (non-hydrogen) atoms. The normalized spacial score (nSPS) is 15.7. The Balaban J connectivity index is 1.58. The molecule has 0 saturated carbocycles. The maximum absolute atomic E-state index is 12.7. The molecule has 1 amide bonds. The minimum absolute atomic E-state index is 0.000672. The third kappa shape index (κ3) is 4.96. The van der Waals surface area contributed by atoms with E-state index in [4.69, 9.17) is 0 Å². The molecule has 0 unspecified atom stereocenters. The summed E-state index contributed by atoms with van der Waals surface area (Å²) < 4.78 is 26.7. The Labute approximate surface area is 161 Å². The number of rotatable bonds is 6. The molecule has 144 valence electrons. The molecule has 5 nitrogen and oxygen atoms in total. The van der Waals surface area contributed by atoms with E-state index in [0.29, 0.717) is 31.7 Å². The number of piperazine rings is 1. The van der Waals surface area contributed by atoms with Crippen LogP contribution in [0.4, 0.5) is 0 Å². The molecule has 0 bridgehead atoms. The summed E-state index contributed by atoms with van der Waals surface area (Å²) in [6, 6.07) is 16.9. The Kier molecular flexibility index (Phi) is 6.29. The van der Waals surface area contributed by atoms with Crippen LogP contribution >= 0.6 is 0 Å². The Morgan fingerprint density at radius 2 is 1.52 bits per heavy atom. The molecule has 0 atom stereocenters. The number of carbonyl (C=O) groups is 1. The molecule has 1 aliphatic heterocycles. The van der Waals surface area contributed by atoms with Crippen LogP contribution in [0.5, 0.6) is 0 Å². The van der Waals surface area contributed by atoms with Crippen molar-refractivity contribution in [1.29, 1.82) is 0 Å². The van der Waals surface area contributed by atoms with E-state index in [2.05, 4.69) is 6.92 Å². The lowest BCUT2D eigenvalue weighted by Gasteiger charge is -2.34. The quantitative estimate of drug-likeness (QED) is 0.767. The molecule has 6 heteroatoms. The zero-order valence-corrected chi connectivity index (χ0v) is 16.5. The topological polar surface area (TPSA) is 57.7 Å². The lowest BCUT2D eigenvalue weighted by Crippen LogP contribution is -2.50. The van der Waals surface area contributed by atoms with Crippen molar-refractivity contribution in [2.75, 3.05) is 26.2 Å². The second-order valence-corrected chi connectivity index (χ2v) is 8.85. The SMILES string of the molecule is CCCc1ccc(C(=O)N2CCN(S(=O)(=O)Cc3ccccc3)CC2)cc1. The van der Waals surface area contributed by atoms with Gasteiger partial charge in [0.05, 0.1) is 5.75 Å². The van der Waals surface area contributed by atoms with Crippen molar-refractivity contribution in [3.8, 4) is 0 Å². The van der Waals surface area contributed by atoms with Crippen molar-refractivity contribution < 1.29 is 13.2 Å². The third-order valence-corrected chi connectivity index (χ3v) is 6.70. The van der Waals surface area contributed by atoms with Crippen molar-refractivity contribution >= 4 is 15.9 Å². The van der Waals surface area contributed by atoms with Gasteiger partial charge in [-0.25, -0.2) is 8.42 Å². The van der Waals surface area contributed by atoms with Crippen LogP contribution < -0.4 is 0 Å². The van der Waals surface area contributed by atoms with Gasteiger partial charge in [0.25, 0.3) is 5.91 Å². The summed E-state index contributed by atoms with van der Waals surface area (Å²) >= 11 is 0. The van der Waals surface area contributed by atoms with E-state index in [1.54, 1.807) is 4.90 Å². The maximum Gasteiger partial charge on any atom is 0.253 e. The molecule has 1 aliphatic rings. The number of nitrogens with zero attached hydrogens (tertiary/aromatic N) is 2. The fourth-order valence-electron chi connectivity index (χ4n) is 3.33. The third-order valence-electron chi connectivity index (χ3n) is 4.85. The summed E-state index contributed by atoms with van der Waals surface area (Å²) in [5, 5.41) is 0. The molecular formula is C21H26N2O3S. The monoisotopic (exact) mass is 386 g/mol. The number of aryl methyl sites for hydroxylation is 1. The van der Waals surface area contributed by atoms with Gasteiger partial charge < -0.3 is 4.90 Å². The highest BCUT2D eigenvalue weighted by atomic mass is 32.2. The van der Waals surface area contributed by atoms with E-state index < -0.39 is 10.0 Å². The molecule has 1 heterocycles. The summed E-state index contributed by atoms with van der Waals surface area (Å²) in [4.78, 5) is 14.4. The van der Waals surface area contributed by atoms with Gasteiger partial charge in [0, 0.05) is 31.7 Å². The van der Waals surface area contributed by atoms with Gasteiger partial charge in [-0.1, -0.05) is 55.8 Å². The van der Waals surface area contributed by atoms with Crippen LogP contribution in [0.25, 0.3) is 0 Å². The number of sulfonamides is 1. The smallest absolute Gasteiger partial charge is 0.253 e. The van der Waals surface area contributed by atoms with E-state index in [1.807, 2.05) is 54.6 Å². The molecular weight excluding hydrogens is 360 g/mol. The van der Waals surface area contributed by atoms with Crippen molar-refractivity contribution in [3.63, 3.8) is 0 Å². The number of hydrogen-bond acceptors (Lipinski definition) is 3. The average molecular weight is 387 g/mol. The molecule has 0 aliphatic carbocycles. The van der Waals surface area contributed by atoms with Crippen LogP contribution in [0.2, 0.25) is 0 Å². The zero-order valence-electron chi connectivity index (χ0n) is 15.7. The van der Waals surface area contributed by atoms with Crippen LogP contribution in [-0.4, -0.2) is 49.7 Å². The summed E-state index contributed by atoms with van der Waals surface area (Å²) in [5.74, 6) is -0.0288. The molecule has 3 rings (SSSR count). The Morgan fingerprint density at radius 1 is 0.889 bits per heavy atom. The van der Waals surface area contributed by atoms with Gasteiger partial charge in [-0.3, -0.25) is 4.79 Å². The van der Waals surface area contributed by atoms with Gasteiger partial charge in [0.2, 0.25) is 10.0 Å². The minimum atomic E-state index is -3.37. The average Bonchev–Trinajstić information content (AvgIpc) is 2.69. The van der Waals surface area contributed by atoms with Gasteiger partial charge >= 0.3 is 0 Å². The van der Waals surface area contributed by atoms with Crippen LogP contribution in [0, 0.1) is 0 Å². The van der Waals surface area contributed by atoms with Crippen molar-refractivity contribution in [3.05, 3.63) is 71.3 Å². The summed E-state index contributed by atoms with van der Waals surface area (Å²) in [6.45, 7) is 3.65. The number of carbonyl (C=O) groups excluding carboxylic acids is 1. The number of benzene rings is 2. The van der Waals surface area contributed by atoms with Gasteiger partial charge in [-0.15, -0.1) is 0 Å². The van der Waals surface area contributed by atoms with Gasteiger partial charge in [0.15, 0.2) is 0 Å². The van der Waals surface area contributed by atoms with E-state index in [1.165, 1.54) is 9.87 Å². The standard InChI is InChI=1S/C21H26N2O3S/c1-2-6-18-9-11-20(12-10-18)21(24)22-13-15-23(16-14-22)27(25,26)17-19-7-4-3-5-8-19/h3-5,7-12H,2,6,13-17H2,1H3. The minimum Gasteiger partial charge on any atom is -0.336 e. The highest BCUT2D eigenvalue weighted by Crippen LogP contribution is 2.16. The van der Waals surface area contributed by atoms with E-state index >= 15 is 0 Å². The number of amides is 1. The van der Waals surface area contributed by atoms with Crippen LogP contribution in [-0.2, 0) is 22.2 Å². The summed E-state index contributed by atoms with van der Waals surface area (Å²) in [6.07, 6.45) is 2.08. The molecule has 1 fully saturated rings. The highest BCUT2D eigenvalue weighted by molar-refractivity contribution is 7.88. The van der Waals surface area contributed by atoms with E-state index in [0.717, 1.165) is 18.4 Å². The number of hydrogen-bond donors (Lipinski definition) is 0. The van der Waals surface area contributed by atoms with Crippen LogP contribution in [0.3, 0.4) is 0 Å². The van der Waals surface area contributed by atoms with Crippen LogP contribution in [0.15, 0.2) is 54.6 Å². The van der Waals surface area contributed by atoms with Gasteiger partial charge in [-0.2, -0.15) is 4.31 Å². The van der Waals surface area contributed by atoms with E-state index in [-0.39, 0.29) is 11.7 Å². The molecule has 0 radical (unpaired) electrons. The first kappa shape index (κ1) is 19.6. The molecule has 2 aromatic carbocycles.